The van der Waals surface area contributed by atoms with Gasteiger partial charge >= 0.3 is 0 Å². The molecule has 0 spiro atoms. The minimum atomic E-state index is 0.370. The summed E-state index contributed by atoms with van der Waals surface area (Å²) in [6, 6.07) is 20.7. The van der Waals surface area contributed by atoms with Gasteiger partial charge in [-0.3, -0.25) is 0 Å². The fraction of sp³-hybridized carbons (Fsp3) is 0.188. The molecule has 0 aliphatic carbocycles. The number of benzene rings is 2. The second kappa shape index (κ2) is 8.08. The molecule has 0 radical (unpaired) electrons. The van der Waals surface area contributed by atoms with Gasteiger partial charge in [0.15, 0.2) is 0 Å². The van der Waals surface area contributed by atoms with Gasteiger partial charge in [-0.2, -0.15) is 0 Å². The van der Waals surface area contributed by atoms with Crippen LogP contribution >= 0.6 is 23.5 Å². The summed E-state index contributed by atoms with van der Waals surface area (Å²) < 4.78 is 0.370. The average molecular weight is 288 g/mol. The van der Waals surface area contributed by atoms with Crippen LogP contribution in [0.2, 0.25) is 0 Å². The molecule has 0 amide bonds. The van der Waals surface area contributed by atoms with Crippen LogP contribution in [0.3, 0.4) is 0 Å². The summed E-state index contributed by atoms with van der Waals surface area (Å²) in [7, 11) is 0. The minimum Gasteiger partial charge on any atom is -0.303 e. The van der Waals surface area contributed by atoms with Crippen molar-refractivity contribution in [2.45, 2.75) is 27.2 Å². The van der Waals surface area contributed by atoms with Crippen molar-refractivity contribution in [3.05, 3.63) is 60.7 Å². The SMILES string of the molecule is O=CCCC(Sc1ccccc1)Sc1ccccc1. The summed E-state index contributed by atoms with van der Waals surface area (Å²) in [4.78, 5) is 13.1. The Labute approximate surface area is 122 Å². The smallest absolute Gasteiger partial charge is 0.120 e. The summed E-state index contributed by atoms with van der Waals surface area (Å²) in [6.45, 7) is 0. The van der Waals surface area contributed by atoms with Gasteiger partial charge in [0, 0.05) is 16.2 Å². The van der Waals surface area contributed by atoms with Crippen molar-refractivity contribution in [1.82, 2.24) is 0 Å². The fourth-order valence-electron chi connectivity index (χ4n) is 1.65. The highest BCUT2D eigenvalue weighted by Crippen LogP contribution is 2.37. The van der Waals surface area contributed by atoms with Gasteiger partial charge < -0.3 is 4.79 Å². The van der Waals surface area contributed by atoms with Crippen LogP contribution in [0.25, 0.3) is 0 Å². The molecule has 1 nitrogen and oxygen atoms in total. The molecule has 0 atom stereocenters. The predicted octanol–water partition coefficient (Wildman–Crippen LogP) is 4.88. The van der Waals surface area contributed by atoms with Gasteiger partial charge in [-0.25, -0.2) is 0 Å². The molecule has 0 unspecified atom stereocenters. The molecule has 0 bridgehead atoms. The van der Waals surface area contributed by atoms with Crippen molar-refractivity contribution in [2.24, 2.45) is 0 Å². The maximum Gasteiger partial charge on any atom is 0.120 e. The second-order valence-electron chi connectivity index (χ2n) is 4.04. The molecule has 0 aromatic heterocycles. The second-order valence-corrected chi connectivity index (χ2v) is 6.89. The molecule has 19 heavy (non-hydrogen) atoms. The Hall–Kier alpha value is -1.19. The summed E-state index contributed by atoms with van der Waals surface area (Å²) >= 11 is 3.66. The largest absolute Gasteiger partial charge is 0.303 e. The van der Waals surface area contributed by atoms with E-state index in [0.29, 0.717) is 11.0 Å². The van der Waals surface area contributed by atoms with E-state index in [-0.39, 0.29) is 0 Å². The molecular weight excluding hydrogens is 272 g/mol. The van der Waals surface area contributed by atoms with Gasteiger partial charge in [-0.15, -0.1) is 23.5 Å². The van der Waals surface area contributed by atoms with E-state index in [0.717, 1.165) is 12.7 Å². The summed E-state index contributed by atoms with van der Waals surface area (Å²) in [5.41, 5.74) is 0. The first-order valence-electron chi connectivity index (χ1n) is 6.25. The van der Waals surface area contributed by atoms with Crippen LogP contribution in [-0.2, 0) is 4.79 Å². The maximum atomic E-state index is 10.6. The molecule has 0 heterocycles. The lowest BCUT2D eigenvalue weighted by Crippen LogP contribution is -1.97. The third kappa shape index (κ3) is 5.13. The van der Waals surface area contributed by atoms with Crippen LogP contribution in [0, 0.1) is 0 Å². The summed E-state index contributed by atoms with van der Waals surface area (Å²) in [6.07, 6.45) is 2.51. The zero-order valence-electron chi connectivity index (χ0n) is 10.6. The minimum absolute atomic E-state index is 0.370. The van der Waals surface area contributed by atoms with Gasteiger partial charge in [0.2, 0.25) is 0 Å². The quantitative estimate of drug-likeness (QED) is 0.411. The van der Waals surface area contributed by atoms with E-state index in [2.05, 4.69) is 24.3 Å². The Kier molecular flexibility index (Phi) is 6.05. The molecule has 0 aliphatic rings. The van der Waals surface area contributed by atoms with Gasteiger partial charge in [-0.1, -0.05) is 36.4 Å². The van der Waals surface area contributed by atoms with Crippen LogP contribution in [0.5, 0.6) is 0 Å². The van der Waals surface area contributed by atoms with Crippen molar-refractivity contribution < 1.29 is 4.79 Å². The molecule has 0 saturated heterocycles. The number of carbonyl (C=O) groups is 1. The first kappa shape index (κ1) is 14.2. The predicted molar refractivity (Wildman–Crippen MR) is 83.7 cm³/mol. The number of hydrogen-bond acceptors (Lipinski definition) is 3. The molecular formula is C16H16OS2. The topological polar surface area (TPSA) is 17.1 Å². The van der Waals surface area contributed by atoms with Crippen LogP contribution < -0.4 is 0 Å². The monoisotopic (exact) mass is 288 g/mol. The van der Waals surface area contributed by atoms with E-state index < -0.39 is 0 Å². The Bertz CT molecular complexity index is 443. The molecule has 98 valence electrons. The zero-order valence-corrected chi connectivity index (χ0v) is 12.2. The molecule has 0 N–H and O–H groups in total. The van der Waals surface area contributed by atoms with Crippen LogP contribution in [-0.4, -0.2) is 10.9 Å². The lowest BCUT2D eigenvalue weighted by molar-refractivity contribution is -0.107. The van der Waals surface area contributed by atoms with Crippen LogP contribution in [0.4, 0.5) is 0 Å². The zero-order chi connectivity index (χ0) is 13.3. The number of aldehydes is 1. The number of hydrogen-bond donors (Lipinski definition) is 0. The van der Waals surface area contributed by atoms with E-state index in [1.807, 2.05) is 59.9 Å². The summed E-state index contributed by atoms with van der Waals surface area (Å²) in [5, 5.41) is 0. The lowest BCUT2D eigenvalue weighted by Gasteiger charge is -2.15. The fourth-order valence-corrected chi connectivity index (χ4v) is 4.25. The van der Waals surface area contributed by atoms with Gasteiger partial charge in [0.25, 0.3) is 0 Å². The van der Waals surface area contributed by atoms with Gasteiger partial charge in [-0.05, 0) is 30.7 Å². The third-order valence-electron chi connectivity index (χ3n) is 2.54. The molecule has 2 aromatic rings. The maximum absolute atomic E-state index is 10.6. The van der Waals surface area contributed by atoms with Crippen LogP contribution in [0.1, 0.15) is 12.8 Å². The first-order chi connectivity index (χ1) is 9.38. The Morgan fingerprint density at radius 3 is 1.74 bits per heavy atom. The number of carbonyl (C=O) groups excluding carboxylic acids is 1. The summed E-state index contributed by atoms with van der Waals surface area (Å²) in [5.74, 6) is 0. The van der Waals surface area contributed by atoms with Crippen molar-refractivity contribution in [2.75, 3.05) is 0 Å². The average Bonchev–Trinajstić information content (AvgIpc) is 2.47. The molecule has 3 heteroatoms. The number of thioether (sulfide) groups is 2. The lowest BCUT2D eigenvalue weighted by atomic mass is 10.4. The van der Waals surface area contributed by atoms with E-state index in [4.69, 9.17) is 0 Å². The standard InChI is InChI=1S/C16H16OS2/c17-13-7-12-16(18-14-8-3-1-4-9-14)19-15-10-5-2-6-11-15/h1-6,8-11,13,16H,7,12H2. The molecule has 0 aliphatic heterocycles. The normalized spacial score (nSPS) is 10.6. The Morgan fingerprint density at radius 1 is 0.842 bits per heavy atom. The Morgan fingerprint density at radius 2 is 1.32 bits per heavy atom. The highest BCUT2D eigenvalue weighted by atomic mass is 32.2. The van der Waals surface area contributed by atoms with Gasteiger partial charge in [0.1, 0.15) is 6.29 Å². The Balaban J connectivity index is 2.01. The van der Waals surface area contributed by atoms with E-state index in [1.54, 1.807) is 0 Å². The van der Waals surface area contributed by atoms with Crippen molar-refractivity contribution in [1.29, 1.82) is 0 Å². The number of rotatable bonds is 7. The van der Waals surface area contributed by atoms with Crippen molar-refractivity contribution >= 4 is 29.8 Å². The first-order valence-corrected chi connectivity index (χ1v) is 8.01. The third-order valence-corrected chi connectivity index (χ3v) is 5.20. The van der Waals surface area contributed by atoms with Gasteiger partial charge in [0.05, 0.1) is 4.58 Å². The van der Waals surface area contributed by atoms with E-state index in [9.17, 15) is 4.79 Å². The van der Waals surface area contributed by atoms with E-state index in [1.165, 1.54) is 9.79 Å². The van der Waals surface area contributed by atoms with Crippen molar-refractivity contribution in [3.8, 4) is 0 Å². The molecule has 0 saturated carbocycles. The molecule has 2 rings (SSSR count). The molecule has 2 aromatic carbocycles. The van der Waals surface area contributed by atoms with E-state index >= 15 is 0 Å². The highest BCUT2D eigenvalue weighted by molar-refractivity contribution is 8.17. The highest BCUT2D eigenvalue weighted by Gasteiger charge is 2.11. The van der Waals surface area contributed by atoms with Crippen LogP contribution in [0.15, 0.2) is 70.5 Å². The van der Waals surface area contributed by atoms with Crippen molar-refractivity contribution in [3.63, 3.8) is 0 Å². The molecule has 0 fully saturated rings.